The van der Waals surface area contributed by atoms with Crippen molar-refractivity contribution in [1.29, 1.82) is 0 Å². The molecule has 124 valence electrons. The van der Waals surface area contributed by atoms with E-state index in [1.54, 1.807) is 24.3 Å². The molecule has 24 heavy (non-hydrogen) atoms. The number of aryl methyl sites for hydroxylation is 1. The summed E-state index contributed by atoms with van der Waals surface area (Å²) in [7, 11) is 0. The number of carbonyl (C=O) groups is 1. The highest BCUT2D eigenvalue weighted by molar-refractivity contribution is 9.08. The molecule has 0 unspecified atom stereocenters. The van der Waals surface area contributed by atoms with Crippen molar-refractivity contribution < 1.29 is 13.9 Å². The quantitative estimate of drug-likeness (QED) is 0.387. The van der Waals surface area contributed by atoms with Crippen LogP contribution in [0.1, 0.15) is 27.7 Å². The molecule has 0 amide bonds. The molecule has 3 aromatic rings. The SMILES string of the molecule is CCOC(=O)c1cc(F)cc(-c2cccc3c(C)c(CBr)sc23)c1. The molecule has 0 bridgehead atoms. The van der Waals surface area contributed by atoms with Crippen molar-refractivity contribution in [3.8, 4) is 11.1 Å². The van der Waals surface area contributed by atoms with Crippen LogP contribution in [0.25, 0.3) is 21.2 Å². The molecule has 0 radical (unpaired) electrons. The third-order valence-electron chi connectivity index (χ3n) is 3.90. The molecule has 0 aliphatic heterocycles. The van der Waals surface area contributed by atoms with E-state index < -0.39 is 11.8 Å². The zero-order valence-corrected chi connectivity index (χ0v) is 15.8. The molecule has 0 atom stereocenters. The zero-order valence-electron chi connectivity index (χ0n) is 13.4. The lowest BCUT2D eigenvalue weighted by Crippen LogP contribution is -2.05. The van der Waals surface area contributed by atoms with Gasteiger partial charge in [0, 0.05) is 14.9 Å². The lowest BCUT2D eigenvalue weighted by Gasteiger charge is -2.07. The molecular formula is C19H16BrFO2S. The lowest BCUT2D eigenvalue weighted by molar-refractivity contribution is 0.0526. The lowest BCUT2D eigenvalue weighted by atomic mass is 10.0. The largest absolute Gasteiger partial charge is 0.462 e. The number of ether oxygens (including phenoxy) is 1. The Morgan fingerprint density at radius 1 is 1.29 bits per heavy atom. The van der Waals surface area contributed by atoms with Crippen molar-refractivity contribution in [2.24, 2.45) is 0 Å². The highest BCUT2D eigenvalue weighted by atomic mass is 79.9. The molecule has 0 N–H and O–H groups in total. The first kappa shape index (κ1) is 17.1. The van der Waals surface area contributed by atoms with Gasteiger partial charge in [0.25, 0.3) is 0 Å². The molecule has 0 saturated heterocycles. The molecule has 0 spiro atoms. The van der Waals surface area contributed by atoms with Gasteiger partial charge >= 0.3 is 5.97 Å². The normalized spacial score (nSPS) is 11.0. The Kier molecular flexibility index (Phi) is 5.01. The summed E-state index contributed by atoms with van der Waals surface area (Å²) in [6.07, 6.45) is 0. The predicted molar refractivity (Wildman–Crippen MR) is 101 cm³/mol. The number of alkyl halides is 1. The molecule has 0 saturated carbocycles. The van der Waals surface area contributed by atoms with Crippen molar-refractivity contribution in [3.05, 3.63) is 58.2 Å². The highest BCUT2D eigenvalue weighted by Crippen LogP contribution is 2.39. The van der Waals surface area contributed by atoms with Gasteiger partial charge in [0.15, 0.2) is 0 Å². The second kappa shape index (κ2) is 7.03. The second-order valence-corrected chi connectivity index (χ2v) is 7.08. The molecule has 3 rings (SSSR count). The van der Waals surface area contributed by atoms with Crippen LogP contribution in [0.4, 0.5) is 4.39 Å². The predicted octanol–water partition coefficient (Wildman–Crippen LogP) is 6.09. The molecule has 1 heterocycles. The van der Waals surface area contributed by atoms with Gasteiger partial charge in [0.2, 0.25) is 0 Å². The summed E-state index contributed by atoms with van der Waals surface area (Å²) in [6, 6.07) is 10.4. The van der Waals surface area contributed by atoms with Gasteiger partial charge in [-0.2, -0.15) is 0 Å². The fourth-order valence-electron chi connectivity index (χ4n) is 2.72. The number of hydrogen-bond acceptors (Lipinski definition) is 3. The molecule has 2 nitrogen and oxygen atoms in total. The van der Waals surface area contributed by atoms with Gasteiger partial charge in [-0.3, -0.25) is 0 Å². The summed E-state index contributed by atoms with van der Waals surface area (Å²) < 4.78 is 20.1. The van der Waals surface area contributed by atoms with E-state index in [1.807, 2.05) is 12.1 Å². The summed E-state index contributed by atoms with van der Waals surface area (Å²) in [5.41, 5.74) is 3.08. The number of hydrogen-bond donors (Lipinski definition) is 0. The smallest absolute Gasteiger partial charge is 0.338 e. The highest BCUT2D eigenvalue weighted by Gasteiger charge is 2.15. The minimum Gasteiger partial charge on any atom is -0.462 e. The average molecular weight is 407 g/mol. The van der Waals surface area contributed by atoms with Crippen LogP contribution in [0, 0.1) is 12.7 Å². The van der Waals surface area contributed by atoms with Gasteiger partial charge in [-0.1, -0.05) is 34.1 Å². The minimum atomic E-state index is -0.506. The Bertz CT molecular complexity index is 917. The van der Waals surface area contributed by atoms with E-state index in [2.05, 4.69) is 28.9 Å². The van der Waals surface area contributed by atoms with Crippen LogP contribution in [0.2, 0.25) is 0 Å². The van der Waals surface area contributed by atoms with Gasteiger partial charge in [-0.05, 0) is 54.1 Å². The Morgan fingerprint density at radius 3 is 2.79 bits per heavy atom. The topological polar surface area (TPSA) is 26.3 Å². The molecule has 0 aliphatic rings. The van der Waals surface area contributed by atoms with Crippen LogP contribution in [0.15, 0.2) is 36.4 Å². The fourth-order valence-corrected chi connectivity index (χ4v) is 4.68. The summed E-state index contributed by atoms with van der Waals surface area (Å²) >= 11 is 5.21. The third-order valence-corrected chi connectivity index (χ3v) is 6.18. The number of esters is 1. The van der Waals surface area contributed by atoms with E-state index in [9.17, 15) is 9.18 Å². The number of carbonyl (C=O) groups excluding carboxylic acids is 1. The number of fused-ring (bicyclic) bond motifs is 1. The van der Waals surface area contributed by atoms with E-state index >= 15 is 0 Å². The van der Waals surface area contributed by atoms with E-state index in [4.69, 9.17) is 4.74 Å². The first-order valence-electron chi connectivity index (χ1n) is 7.60. The van der Waals surface area contributed by atoms with Crippen LogP contribution < -0.4 is 0 Å². The standard InChI is InChI=1S/C19H16BrFO2S/c1-3-23-19(22)13-7-12(8-14(21)9-13)16-6-4-5-15-11(2)17(10-20)24-18(15)16/h4-9H,3,10H2,1-2H3. The van der Waals surface area contributed by atoms with Gasteiger partial charge < -0.3 is 4.74 Å². The van der Waals surface area contributed by atoms with Gasteiger partial charge in [-0.15, -0.1) is 11.3 Å². The summed E-state index contributed by atoms with van der Waals surface area (Å²) in [6.45, 7) is 4.09. The van der Waals surface area contributed by atoms with Crippen molar-refractivity contribution in [2.45, 2.75) is 19.2 Å². The van der Waals surface area contributed by atoms with Gasteiger partial charge in [0.1, 0.15) is 5.82 Å². The summed E-state index contributed by atoms with van der Waals surface area (Å²) in [4.78, 5) is 13.2. The maximum atomic E-state index is 14.1. The van der Waals surface area contributed by atoms with Crippen LogP contribution in [-0.2, 0) is 10.1 Å². The summed E-state index contributed by atoms with van der Waals surface area (Å²) in [5, 5.41) is 1.95. The Balaban J connectivity index is 2.19. The summed E-state index contributed by atoms with van der Waals surface area (Å²) in [5.74, 6) is -0.949. The van der Waals surface area contributed by atoms with Crippen molar-refractivity contribution in [1.82, 2.24) is 0 Å². The first-order valence-corrected chi connectivity index (χ1v) is 9.54. The van der Waals surface area contributed by atoms with Crippen molar-refractivity contribution in [2.75, 3.05) is 6.61 Å². The maximum absolute atomic E-state index is 14.1. The average Bonchev–Trinajstić information content (AvgIpc) is 2.91. The molecule has 0 aliphatic carbocycles. The fraction of sp³-hybridized carbons (Fsp3) is 0.211. The molecule has 0 fully saturated rings. The monoisotopic (exact) mass is 406 g/mol. The van der Waals surface area contributed by atoms with Crippen molar-refractivity contribution >= 4 is 43.3 Å². The van der Waals surface area contributed by atoms with Crippen LogP contribution in [0.5, 0.6) is 0 Å². The Morgan fingerprint density at radius 2 is 2.08 bits per heavy atom. The van der Waals surface area contributed by atoms with Crippen molar-refractivity contribution in [3.63, 3.8) is 0 Å². The molecule has 5 heteroatoms. The first-order chi connectivity index (χ1) is 11.5. The zero-order chi connectivity index (χ0) is 17.3. The third kappa shape index (κ3) is 3.10. The van der Waals surface area contributed by atoms with E-state index in [1.165, 1.54) is 22.6 Å². The van der Waals surface area contributed by atoms with Crippen LogP contribution in [-0.4, -0.2) is 12.6 Å². The van der Waals surface area contributed by atoms with Gasteiger partial charge in [0.05, 0.1) is 12.2 Å². The molecule has 2 aromatic carbocycles. The molecule has 1 aromatic heterocycles. The van der Waals surface area contributed by atoms with Gasteiger partial charge in [-0.25, -0.2) is 9.18 Å². The minimum absolute atomic E-state index is 0.234. The van der Waals surface area contributed by atoms with E-state index in [0.29, 0.717) is 5.56 Å². The number of rotatable bonds is 4. The Hall–Kier alpha value is -1.72. The number of benzene rings is 2. The maximum Gasteiger partial charge on any atom is 0.338 e. The number of thiophene rings is 1. The van der Waals surface area contributed by atoms with Crippen LogP contribution >= 0.6 is 27.3 Å². The number of halogens is 2. The van der Waals surface area contributed by atoms with E-state index in [0.717, 1.165) is 21.0 Å². The molecular weight excluding hydrogens is 391 g/mol. The van der Waals surface area contributed by atoms with E-state index in [-0.39, 0.29) is 12.2 Å². The van der Waals surface area contributed by atoms with Crippen LogP contribution in [0.3, 0.4) is 0 Å². The second-order valence-electron chi connectivity index (χ2n) is 5.42. The Labute approximate surface area is 152 Å².